The number of halogens is 3. The summed E-state index contributed by atoms with van der Waals surface area (Å²) in [4.78, 5) is 16.3. The van der Waals surface area contributed by atoms with Crippen molar-refractivity contribution in [2.75, 3.05) is 0 Å². The molecule has 1 saturated carbocycles. The van der Waals surface area contributed by atoms with Gasteiger partial charge in [0.25, 0.3) is 0 Å². The molecule has 0 radical (unpaired) electrons. The molecule has 0 spiro atoms. The zero-order chi connectivity index (χ0) is 22.2. The van der Waals surface area contributed by atoms with Gasteiger partial charge in [0.2, 0.25) is 0 Å². The summed E-state index contributed by atoms with van der Waals surface area (Å²) in [5.41, 5.74) is 1.85. The van der Waals surface area contributed by atoms with Crippen LogP contribution in [-0.2, 0) is 17.6 Å². The summed E-state index contributed by atoms with van der Waals surface area (Å²) in [5.74, 6) is 0.00723. The SMILES string of the molecule is Cc1nc(-c2ccc(C(F)(F)F)cc2)sc1COc1ccc(C2CC(C(=O)O)C2)cc1. The summed E-state index contributed by atoms with van der Waals surface area (Å²) in [6.07, 6.45) is -3.02. The van der Waals surface area contributed by atoms with Crippen LogP contribution in [-0.4, -0.2) is 16.1 Å². The van der Waals surface area contributed by atoms with Crippen LogP contribution in [0.2, 0.25) is 0 Å². The van der Waals surface area contributed by atoms with Crippen LogP contribution in [0.3, 0.4) is 0 Å². The molecule has 0 saturated heterocycles. The number of ether oxygens (including phenoxy) is 1. The Labute approximate surface area is 181 Å². The Morgan fingerprint density at radius 1 is 1.13 bits per heavy atom. The monoisotopic (exact) mass is 447 g/mol. The van der Waals surface area contributed by atoms with E-state index in [4.69, 9.17) is 9.84 Å². The van der Waals surface area contributed by atoms with Gasteiger partial charge in [-0.3, -0.25) is 4.79 Å². The Hall–Kier alpha value is -2.87. The molecular formula is C23H20F3NO3S. The minimum Gasteiger partial charge on any atom is -0.488 e. The molecule has 3 aromatic rings. The maximum atomic E-state index is 12.7. The zero-order valence-corrected chi connectivity index (χ0v) is 17.5. The number of aromatic nitrogens is 1. The van der Waals surface area contributed by atoms with Crippen molar-refractivity contribution < 1.29 is 27.8 Å². The molecule has 1 N–H and O–H groups in total. The third-order valence-corrected chi connectivity index (χ3v) is 6.74. The highest BCUT2D eigenvalue weighted by molar-refractivity contribution is 7.15. The largest absolute Gasteiger partial charge is 0.488 e. The topological polar surface area (TPSA) is 59.4 Å². The number of carbonyl (C=O) groups is 1. The molecule has 1 heterocycles. The molecule has 1 aromatic heterocycles. The van der Waals surface area contributed by atoms with Crippen LogP contribution >= 0.6 is 11.3 Å². The second-order valence-corrected chi connectivity index (χ2v) is 8.75. The molecule has 1 aliphatic carbocycles. The molecule has 4 nitrogen and oxygen atoms in total. The van der Waals surface area contributed by atoms with Crippen LogP contribution in [0.4, 0.5) is 13.2 Å². The van der Waals surface area contributed by atoms with Gasteiger partial charge in [0.15, 0.2) is 0 Å². The first-order valence-corrected chi connectivity index (χ1v) is 10.6. The Balaban J connectivity index is 1.37. The van der Waals surface area contributed by atoms with Crippen LogP contribution < -0.4 is 4.74 Å². The first-order chi connectivity index (χ1) is 14.7. The number of rotatable bonds is 6. The lowest BCUT2D eigenvalue weighted by molar-refractivity contribution is -0.145. The highest BCUT2D eigenvalue weighted by Crippen LogP contribution is 2.42. The molecule has 162 valence electrons. The summed E-state index contributed by atoms with van der Waals surface area (Å²) in [7, 11) is 0. The van der Waals surface area contributed by atoms with E-state index < -0.39 is 17.7 Å². The number of thiazole rings is 1. The molecule has 1 fully saturated rings. The lowest BCUT2D eigenvalue weighted by atomic mass is 9.71. The van der Waals surface area contributed by atoms with Crippen molar-refractivity contribution in [1.29, 1.82) is 0 Å². The number of hydrogen-bond acceptors (Lipinski definition) is 4. The van der Waals surface area contributed by atoms with Gasteiger partial charge in [-0.05, 0) is 55.5 Å². The van der Waals surface area contributed by atoms with Crippen LogP contribution in [0.1, 0.15) is 40.5 Å². The molecule has 4 rings (SSSR count). The number of carboxylic acids is 1. The van der Waals surface area contributed by atoms with Gasteiger partial charge in [-0.1, -0.05) is 24.3 Å². The average Bonchev–Trinajstić information content (AvgIpc) is 3.06. The summed E-state index contributed by atoms with van der Waals surface area (Å²) >= 11 is 1.40. The maximum Gasteiger partial charge on any atom is 0.416 e. The second-order valence-electron chi connectivity index (χ2n) is 7.66. The van der Waals surface area contributed by atoms with Crippen LogP contribution in [0.25, 0.3) is 10.6 Å². The Morgan fingerprint density at radius 2 is 1.77 bits per heavy atom. The highest BCUT2D eigenvalue weighted by Gasteiger charge is 2.35. The first-order valence-electron chi connectivity index (χ1n) is 9.80. The van der Waals surface area contributed by atoms with Gasteiger partial charge in [0.05, 0.1) is 22.1 Å². The maximum absolute atomic E-state index is 12.7. The first kappa shape index (κ1) is 21.4. The van der Waals surface area contributed by atoms with E-state index in [1.807, 2.05) is 31.2 Å². The smallest absolute Gasteiger partial charge is 0.416 e. The summed E-state index contributed by atoms with van der Waals surface area (Å²) in [6.45, 7) is 2.16. The molecule has 0 amide bonds. The van der Waals surface area contributed by atoms with Crippen LogP contribution in [0, 0.1) is 12.8 Å². The lowest BCUT2D eigenvalue weighted by Gasteiger charge is -2.32. The lowest BCUT2D eigenvalue weighted by Crippen LogP contribution is -2.28. The van der Waals surface area contributed by atoms with Gasteiger partial charge in [-0.15, -0.1) is 11.3 Å². The predicted molar refractivity (Wildman–Crippen MR) is 111 cm³/mol. The summed E-state index contributed by atoms with van der Waals surface area (Å²) in [6, 6.07) is 12.7. The molecule has 0 unspecified atom stereocenters. The molecular weight excluding hydrogens is 427 g/mol. The van der Waals surface area contributed by atoms with Crippen molar-refractivity contribution in [3.8, 4) is 16.3 Å². The summed E-state index contributed by atoms with van der Waals surface area (Å²) in [5, 5.41) is 9.64. The molecule has 8 heteroatoms. The summed E-state index contributed by atoms with van der Waals surface area (Å²) < 4.78 is 44.1. The Bertz CT molecular complexity index is 1070. The van der Waals surface area contributed by atoms with E-state index in [1.54, 1.807) is 0 Å². The molecule has 1 aliphatic rings. The number of aliphatic carboxylic acids is 1. The molecule has 0 aliphatic heterocycles. The number of alkyl halides is 3. The van der Waals surface area contributed by atoms with E-state index in [2.05, 4.69) is 4.98 Å². The molecule has 0 bridgehead atoms. The van der Waals surface area contributed by atoms with Gasteiger partial charge >= 0.3 is 12.1 Å². The van der Waals surface area contributed by atoms with E-state index in [1.165, 1.54) is 23.5 Å². The fraction of sp³-hybridized carbons (Fsp3) is 0.304. The van der Waals surface area contributed by atoms with Crippen molar-refractivity contribution in [3.63, 3.8) is 0 Å². The number of aryl methyl sites for hydroxylation is 1. The normalized spacial score (nSPS) is 18.5. The highest BCUT2D eigenvalue weighted by atomic mass is 32.1. The van der Waals surface area contributed by atoms with E-state index in [0.29, 0.717) is 35.8 Å². The number of nitrogens with zero attached hydrogens (tertiary/aromatic N) is 1. The van der Waals surface area contributed by atoms with Crippen LogP contribution in [0.5, 0.6) is 5.75 Å². The van der Waals surface area contributed by atoms with E-state index in [0.717, 1.165) is 28.3 Å². The van der Waals surface area contributed by atoms with Crippen molar-refractivity contribution in [2.45, 2.75) is 38.5 Å². The third kappa shape index (κ3) is 4.74. The third-order valence-electron chi connectivity index (χ3n) is 5.56. The quantitative estimate of drug-likeness (QED) is 0.482. The van der Waals surface area contributed by atoms with Gasteiger partial charge in [-0.2, -0.15) is 13.2 Å². The van der Waals surface area contributed by atoms with Crippen molar-refractivity contribution in [2.24, 2.45) is 5.92 Å². The number of benzene rings is 2. The number of hydrogen-bond donors (Lipinski definition) is 1. The standard InChI is InChI=1S/C23H20F3NO3S/c1-13-20(31-21(27-13)15-2-6-18(7-3-15)23(24,25)26)12-30-19-8-4-14(5-9-19)16-10-17(11-16)22(28)29/h2-9,16-17H,10-12H2,1H3,(H,28,29). The fourth-order valence-electron chi connectivity index (χ4n) is 3.56. The van der Waals surface area contributed by atoms with Gasteiger partial charge in [-0.25, -0.2) is 4.98 Å². The van der Waals surface area contributed by atoms with Crippen molar-refractivity contribution in [1.82, 2.24) is 4.98 Å². The van der Waals surface area contributed by atoms with Crippen LogP contribution in [0.15, 0.2) is 48.5 Å². The molecule has 0 atom stereocenters. The Morgan fingerprint density at radius 3 is 2.35 bits per heavy atom. The van der Waals surface area contributed by atoms with Crippen molar-refractivity contribution >= 4 is 17.3 Å². The fourth-order valence-corrected chi connectivity index (χ4v) is 4.55. The van der Waals surface area contributed by atoms with Crippen molar-refractivity contribution in [3.05, 3.63) is 70.2 Å². The predicted octanol–water partition coefficient (Wildman–Crippen LogP) is 6.29. The second kappa shape index (κ2) is 8.34. The van der Waals surface area contributed by atoms with E-state index >= 15 is 0 Å². The Kier molecular flexibility index (Phi) is 5.75. The van der Waals surface area contributed by atoms with E-state index in [9.17, 15) is 18.0 Å². The average molecular weight is 447 g/mol. The zero-order valence-electron chi connectivity index (χ0n) is 16.6. The minimum atomic E-state index is -4.36. The minimum absolute atomic E-state index is 0.242. The van der Waals surface area contributed by atoms with Gasteiger partial charge in [0.1, 0.15) is 17.4 Å². The van der Waals surface area contributed by atoms with Gasteiger partial charge in [0, 0.05) is 5.56 Å². The van der Waals surface area contributed by atoms with E-state index in [-0.39, 0.29) is 11.8 Å². The van der Waals surface area contributed by atoms with Gasteiger partial charge < -0.3 is 9.84 Å². The molecule has 2 aromatic carbocycles. The number of carboxylic acid groups (broad SMARTS) is 1. The molecule has 31 heavy (non-hydrogen) atoms.